The molecule has 0 unspecified atom stereocenters. The van der Waals surface area contributed by atoms with Gasteiger partial charge in [-0.05, 0) is 32.6 Å². The van der Waals surface area contributed by atoms with Gasteiger partial charge in [-0.15, -0.1) is 10.2 Å². The highest BCUT2D eigenvalue weighted by Gasteiger charge is 2.37. The molecule has 1 heterocycles. The molecule has 0 bridgehead atoms. The number of nitrogens with one attached hydrogen (secondary N) is 1. The molecular formula is C13H17F3N4OS. The number of carbonyl (C=O) groups excluding carboxylic acids is 1. The molecular weight excluding hydrogens is 317 g/mol. The summed E-state index contributed by atoms with van der Waals surface area (Å²) in [7, 11) is 0. The molecule has 1 amide bonds. The maximum Gasteiger partial charge on any atom is 0.405 e. The van der Waals surface area contributed by atoms with E-state index in [-0.39, 0.29) is 0 Å². The summed E-state index contributed by atoms with van der Waals surface area (Å²) in [5.41, 5.74) is 0. The number of nitrogens with zero attached hydrogens (tertiary/aromatic N) is 3. The van der Waals surface area contributed by atoms with E-state index in [4.69, 9.17) is 0 Å². The number of hydrogen-bond donors (Lipinski definition) is 1. The van der Waals surface area contributed by atoms with Crippen molar-refractivity contribution in [1.29, 1.82) is 0 Å². The van der Waals surface area contributed by atoms with E-state index in [1.54, 1.807) is 6.92 Å². The number of alkyl halides is 3. The molecule has 122 valence electrons. The number of aromatic nitrogens is 3. The lowest BCUT2D eigenvalue weighted by atomic mass is 10.4. The smallest absolute Gasteiger partial charge is 0.346 e. The fourth-order valence-electron chi connectivity index (χ4n) is 2.21. The molecule has 3 rings (SSSR count). The van der Waals surface area contributed by atoms with E-state index < -0.39 is 23.9 Å². The Labute approximate surface area is 130 Å². The molecule has 9 heteroatoms. The van der Waals surface area contributed by atoms with Crippen LogP contribution in [0, 0.1) is 0 Å². The number of amides is 1. The SMILES string of the molecule is C[C@H](Sc1nnc(C2CC2)n1C1CC1)C(=O)NCC(F)(F)F. The number of carbonyl (C=O) groups is 1. The summed E-state index contributed by atoms with van der Waals surface area (Å²) in [5.74, 6) is 0.783. The summed E-state index contributed by atoms with van der Waals surface area (Å²) >= 11 is 1.17. The highest BCUT2D eigenvalue weighted by molar-refractivity contribution is 8.00. The summed E-state index contributed by atoms with van der Waals surface area (Å²) < 4.78 is 38.5. The van der Waals surface area contributed by atoms with Crippen molar-refractivity contribution >= 4 is 17.7 Å². The van der Waals surface area contributed by atoms with Gasteiger partial charge in [-0.1, -0.05) is 11.8 Å². The van der Waals surface area contributed by atoms with Gasteiger partial charge in [-0.25, -0.2) is 0 Å². The average molecular weight is 334 g/mol. The molecule has 5 nitrogen and oxygen atoms in total. The van der Waals surface area contributed by atoms with Gasteiger partial charge in [0.05, 0.1) is 5.25 Å². The Morgan fingerprint density at radius 2 is 2.05 bits per heavy atom. The first-order chi connectivity index (χ1) is 10.3. The van der Waals surface area contributed by atoms with Crippen LogP contribution < -0.4 is 5.32 Å². The highest BCUT2D eigenvalue weighted by atomic mass is 32.2. The Bertz CT molecular complexity index is 566. The molecule has 1 N–H and O–H groups in total. The average Bonchev–Trinajstić information content (AvgIpc) is 3.34. The Morgan fingerprint density at radius 3 is 2.59 bits per heavy atom. The maximum absolute atomic E-state index is 12.1. The Morgan fingerprint density at radius 1 is 1.36 bits per heavy atom. The molecule has 2 saturated carbocycles. The zero-order chi connectivity index (χ0) is 15.9. The van der Waals surface area contributed by atoms with Gasteiger partial charge in [0.25, 0.3) is 0 Å². The standard InChI is InChI=1S/C13H17F3N4OS/c1-7(11(21)17-6-13(14,15)16)22-12-19-18-10(8-2-3-8)20(12)9-4-5-9/h7-9H,2-6H2,1H3,(H,17,21)/t7-/m0/s1. The Hall–Kier alpha value is -1.25. The second-order valence-corrected chi connectivity index (χ2v) is 7.12. The third kappa shape index (κ3) is 3.74. The van der Waals surface area contributed by atoms with E-state index in [0.717, 1.165) is 31.5 Å². The molecule has 0 aromatic carbocycles. The number of thioether (sulfide) groups is 1. The van der Waals surface area contributed by atoms with Crippen molar-refractivity contribution in [2.24, 2.45) is 0 Å². The number of halogens is 3. The van der Waals surface area contributed by atoms with Crippen molar-refractivity contribution in [3.05, 3.63) is 5.82 Å². The lowest BCUT2D eigenvalue weighted by molar-refractivity contribution is -0.137. The summed E-state index contributed by atoms with van der Waals surface area (Å²) in [4.78, 5) is 11.8. The monoisotopic (exact) mass is 334 g/mol. The minimum Gasteiger partial charge on any atom is -0.346 e. The van der Waals surface area contributed by atoms with E-state index in [0.29, 0.717) is 17.1 Å². The first kappa shape index (κ1) is 15.6. The fourth-order valence-corrected chi connectivity index (χ4v) is 3.16. The van der Waals surface area contributed by atoms with Crippen molar-refractivity contribution < 1.29 is 18.0 Å². The molecule has 2 aliphatic rings. The predicted octanol–water partition coefficient (Wildman–Crippen LogP) is 2.65. The van der Waals surface area contributed by atoms with Crippen LogP contribution in [0.3, 0.4) is 0 Å². The molecule has 1 atom stereocenters. The highest BCUT2D eigenvalue weighted by Crippen LogP contribution is 2.46. The zero-order valence-electron chi connectivity index (χ0n) is 12.1. The third-order valence-corrected chi connectivity index (χ3v) is 4.72. The lowest BCUT2D eigenvalue weighted by Gasteiger charge is -2.14. The van der Waals surface area contributed by atoms with Gasteiger partial charge in [0.15, 0.2) is 5.16 Å². The number of hydrogen-bond acceptors (Lipinski definition) is 4. The maximum atomic E-state index is 12.1. The van der Waals surface area contributed by atoms with E-state index in [1.165, 1.54) is 11.8 Å². The molecule has 0 saturated heterocycles. The predicted molar refractivity (Wildman–Crippen MR) is 74.7 cm³/mol. The van der Waals surface area contributed by atoms with Gasteiger partial charge in [-0.3, -0.25) is 4.79 Å². The van der Waals surface area contributed by atoms with Crippen LogP contribution in [-0.2, 0) is 4.79 Å². The molecule has 2 aliphatic carbocycles. The molecule has 2 fully saturated rings. The molecule has 1 aromatic rings. The second-order valence-electron chi connectivity index (χ2n) is 5.81. The summed E-state index contributed by atoms with van der Waals surface area (Å²) in [5, 5.41) is 10.3. The van der Waals surface area contributed by atoms with Crippen LogP contribution in [0.5, 0.6) is 0 Å². The topological polar surface area (TPSA) is 59.8 Å². The lowest BCUT2D eigenvalue weighted by Crippen LogP contribution is -2.38. The van der Waals surface area contributed by atoms with Gasteiger partial charge in [0, 0.05) is 12.0 Å². The van der Waals surface area contributed by atoms with E-state index in [2.05, 4.69) is 14.8 Å². The van der Waals surface area contributed by atoms with Gasteiger partial charge >= 0.3 is 6.18 Å². The van der Waals surface area contributed by atoms with Gasteiger partial charge in [0.1, 0.15) is 12.4 Å². The van der Waals surface area contributed by atoms with Gasteiger partial charge < -0.3 is 9.88 Å². The zero-order valence-corrected chi connectivity index (χ0v) is 12.9. The van der Waals surface area contributed by atoms with Gasteiger partial charge in [0.2, 0.25) is 5.91 Å². The van der Waals surface area contributed by atoms with Crippen molar-refractivity contribution in [2.45, 2.75) is 61.1 Å². The van der Waals surface area contributed by atoms with Crippen molar-refractivity contribution in [3.63, 3.8) is 0 Å². The first-order valence-corrected chi connectivity index (χ1v) is 8.19. The minimum atomic E-state index is -4.40. The van der Waals surface area contributed by atoms with E-state index >= 15 is 0 Å². The van der Waals surface area contributed by atoms with Crippen LogP contribution >= 0.6 is 11.8 Å². The minimum absolute atomic E-state index is 0.388. The van der Waals surface area contributed by atoms with Crippen molar-refractivity contribution in [2.75, 3.05) is 6.54 Å². The normalized spacial score (nSPS) is 20.0. The third-order valence-electron chi connectivity index (χ3n) is 3.66. The van der Waals surface area contributed by atoms with Crippen LogP contribution in [0.2, 0.25) is 0 Å². The summed E-state index contributed by atoms with van der Waals surface area (Å²) in [6, 6.07) is 0.388. The van der Waals surface area contributed by atoms with Crippen LogP contribution in [0.15, 0.2) is 5.16 Å². The first-order valence-electron chi connectivity index (χ1n) is 7.31. The van der Waals surface area contributed by atoms with Crippen LogP contribution in [0.4, 0.5) is 13.2 Å². The Balaban J connectivity index is 1.64. The molecule has 1 aromatic heterocycles. The van der Waals surface area contributed by atoms with E-state index in [1.807, 2.05) is 5.32 Å². The molecule has 0 spiro atoms. The summed E-state index contributed by atoms with van der Waals surface area (Å²) in [6.45, 7) is 0.276. The molecule has 22 heavy (non-hydrogen) atoms. The van der Waals surface area contributed by atoms with E-state index in [9.17, 15) is 18.0 Å². The van der Waals surface area contributed by atoms with Gasteiger partial charge in [-0.2, -0.15) is 13.2 Å². The van der Waals surface area contributed by atoms with Crippen LogP contribution in [-0.4, -0.2) is 38.6 Å². The number of rotatable bonds is 6. The van der Waals surface area contributed by atoms with Crippen molar-refractivity contribution in [1.82, 2.24) is 20.1 Å². The Kier molecular flexibility index (Phi) is 4.09. The largest absolute Gasteiger partial charge is 0.405 e. The quantitative estimate of drug-likeness (QED) is 0.813. The van der Waals surface area contributed by atoms with Crippen molar-refractivity contribution in [3.8, 4) is 0 Å². The fraction of sp³-hybridized carbons (Fsp3) is 0.769. The summed E-state index contributed by atoms with van der Waals surface area (Å²) in [6.07, 6.45) is -0.0402. The van der Waals surface area contributed by atoms with Crippen LogP contribution in [0.1, 0.15) is 50.4 Å². The van der Waals surface area contributed by atoms with Crippen LogP contribution in [0.25, 0.3) is 0 Å². The second kappa shape index (κ2) is 5.75. The molecule has 0 aliphatic heterocycles. The molecule has 0 radical (unpaired) electrons.